The van der Waals surface area contributed by atoms with Crippen LogP contribution in [0, 0.1) is 12.8 Å². The first-order valence-electron chi connectivity index (χ1n) is 10.3. The van der Waals surface area contributed by atoms with Crippen molar-refractivity contribution in [3.8, 4) is 0 Å². The van der Waals surface area contributed by atoms with Crippen LogP contribution in [0.1, 0.15) is 53.1 Å². The van der Waals surface area contributed by atoms with E-state index in [2.05, 4.69) is 10.3 Å². The largest absolute Gasteiger partial charge is 0.343 e. The summed E-state index contributed by atoms with van der Waals surface area (Å²) in [5.74, 6) is -0.493. The second-order valence-electron chi connectivity index (χ2n) is 7.41. The number of nitrogens with one attached hydrogen (secondary N) is 1. The fourth-order valence-corrected chi connectivity index (χ4v) is 4.42. The van der Waals surface area contributed by atoms with E-state index in [1.165, 1.54) is 11.3 Å². The molecule has 1 aromatic heterocycles. The smallest absolute Gasteiger partial charge is 0.273 e. The van der Waals surface area contributed by atoms with E-state index in [9.17, 15) is 14.4 Å². The minimum atomic E-state index is -0.246. The molecule has 0 spiro atoms. The summed E-state index contributed by atoms with van der Waals surface area (Å²) in [5.41, 5.74) is 1.76. The molecule has 160 valence electrons. The molecule has 1 saturated heterocycles. The summed E-state index contributed by atoms with van der Waals surface area (Å²) in [5, 5.41) is 4.82. The Hall–Kier alpha value is -2.74. The number of anilines is 1. The summed E-state index contributed by atoms with van der Waals surface area (Å²) in [6.07, 6.45) is 1.60. The standard InChI is InChI=1S/C22H28N4O3S/c1-4-25(5-2)20(28)16-10-8-12-26(13-16)21(29)18-14-30-22(23-18)24-19(27)17-11-7-6-9-15(17)3/h6-7,9,11,14,16H,4-5,8,10,12-13H2,1-3H3,(H,23,24,27). The molecule has 1 N–H and O–H groups in total. The maximum absolute atomic E-state index is 12.9. The summed E-state index contributed by atoms with van der Waals surface area (Å²) in [4.78, 5) is 45.9. The zero-order valence-electron chi connectivity index (χ0n) is 17.7. The molecule has 2 heterocycles. The number of hydrogen-bond donors (Lipinski definition) is 1. The average Bonchev–Trinajstić information content (AvgIpc) is 3.22. The Morgan fingerprint density at radius 1 is 1.23 bits per heavy atom. The van der Waals surface area contributed by atoms with Crippen LogP contribution in [0.4, 0.5) is 5.13 Å². The number of aromatic nitrogens is 1. The Morgan fingerprint density at radius 3 is 2.67 bits per heavy atom. The van der Waals surface area contributed by atoms with Crippen LogP contribution in [0.2, 0.25) is 0 Å². The Kier molecular flexibility index (Phi) is 7.20. The zero-order chi connectivity index (χ0) is 21.7. The number of thiazole rings is 1. The van der Waals surface area contributed by atoms with Crippen LogP contribution in [-0.2, 0) is 4.79 Å². The highest BCUT2D eigenvalue weighted by atomic mass is 32.1. The first-order valence-corrected chi connectivity index (χ1v) is 11.2. The quantitative estimate of drug-likeness (QED) is 0.764. The molecule has 7 nitrogen and oxygen atoms in total. The van der Waals surface area contributed by atoms with Crippen LogP contribution in [0.15, 0.2) is 29.6 Å². The third-order valence-electron chi connectivity index (χ3n) is 5.47. The van der Waals surface area contributed by atoms with Gasteiger partial charge < -0.3 is 9.80 Å². The second kappa shape index (κ2) is 9.84. The minimum absolute atomic E-state index is 0.113. The van der Waals surface area contributed by atoms with Gasteiger partial charge in [0, 0.05) is 37.1 Å². The molecule has 1 fully saturated rings. The summed E-state index contributed by atoms with van der Waals surface area (Å²) < 4.78 is 0. The molecule has 1 aromatic carbocycles. The maximum Gasteiger partial charge on any atom is 0.273 e. The number of nitrogens with zero attached hydrogens (tertiary/aromatic N) is 3. The van der Waals surface area contributed by atoms with Crippen molar-refractivity contribution in [1.29, 1.82) is 0 Å². The molecule has 0 bridgehead atoms. The van der Waals surface area contributed by atoms with Crippen molar-refractivity contribution in [2.45, 2.75) is 33.6 Å². The molecule has 1 aliphatic heterocycles. The topological polar surface area (TPSA) is 82.6 Å². The van der Waals surface area contributed by atoms with Gasteiger partial charge in [-0.15, -0.1) is 11.3 Å². The molecule has 1 aliphatic rings. The van der Waals surface area contributed by atoms with E-state index in [0.717, 1.165) is 18.4 Å². The van der Waals surface area contributed by atoms with E-state index in [-0.39, 0.29) is 23.6 Å². The zero-order valence-corrected chi connectivity index (χ0v) is 18.5. The van der Waals surface area contributed by atoms with Crippen molar-refractivity contribution in [3.05, 3.63) is 46.5 Å². The van der Waals surface area contributed by atoms with Crippen LogP contribution < -0.4 is 5.32 Å². The third kappa shape index (κ3) is 4.87. The van der Waals surface area contributed by atoms with Gasteiger partial charge in [0.25, 0.3) is 11.8 Å². The van der Waals surface area contributed by atoms with Gasteiger partial charge >= 0.3 is 0 Å². The Bertz CT molecular complexity index is 923. The number of benzene rings is 1. The van der Waals surface area contributed by atoms with Gasteiger partial charge in [-0.1, -0.05) is 18.2 Å². The number of hydrogen-bond acceptors (Lipinski definition) is 5. The number of rotatable bonds is 6. The highest BCUT2D eigenvalue weighted by Crippen LogP contribution is 2.23. The van der Waals surface area contributed by atoms with E-state index in [0.29, 0.717) is 42.6 Å². The lowest BCUT2D eigenvalue weighted by Gasteiger charge is -2.34. The van der Waals surface area contributed by atoms with Gasteiger partial charge in [-0.2, -0.15) is 0 Å². The van der Waals surface area contributed by atoms with Gasteiger partial charge in [0.2, 0.25) is 5.91 Å². The van der Waals surface area contributed by atoms with Gasteiger partial charge in [-0.25, -0.2) is 4.98 Å². The van der Waals surface area contributed by atoms with Crippen molar-refractivity contribution in [1.82, 2.24) is 14.8 Å². The van der Waals surface area contributed by atoms with Crippen LogP contribution in [0.5, 0.6) is 0 Å². The number of carbonyl (C=O) groups is 3. The first-order chi connectivity index (χ1) is 14.4. The lowest BCUT2D eigenvalue weighted by atomic mass is 9.96. The Balaban J connectivity index is 1.65. The molecule has 8 heteroatoms. The highest BCUT2D eigenvalue weighted by molar-refractivity contribution is 7.14. The molecule has 0 radical (unpaired) electrons. The molecule has 3 amide bonds. The normalized spacial score (nSPS) is 16.2. The van der Waals surface area contributed by atoms with Crippen molar-refractivity contribution in [2.24, 2.45) is 5.92 Å². The van der Waals surface area contributed by atoms with Gasteiger partial charge in [0.1, 0.15) is 5.69 Å². The Labute approximate surface area is 181 Å². The Morgan fingerprint density at radius 2 is 1.97 bits per heavy atom. The van der Waals surface area contributed by atoms with Crippen LogP contribution >= 0.6 is 11.3 Å². The van der Waals surface area contributed by atoms with E-state index < -0.39 is 0 Å². The number of likely N-dealkylation sites (tertiary alicyclic amines) is 1. The molecule has 1 unspecified atom stereocenters. The molecule has 2 aromatic rings. The maximum atomic E-state index is 12.9. The van der Waals surface area contributed by atoms with Crippen molar-refractivity contribution < 1.29 is 14.4 Å². The lowest BCUT2D eigenvalue weighted by Crippen LogP contribution is -2.46. The predicted octanol–water partition coefficient (Wildman–Crippen LogP) is 3.42. The van der Waals surface area contributed by atoms with Gasteiger partial charge in [0.05, 0.1) is 5.92 Å². The number of aryl methyl sites for hydroxylation is 1. The van der Waals surface area contributed by atoms with Crippen molar-refractivity contribution in [3.63, 3.8) is 0 Å². The number of amides is 3. The SMILES string of the molecule is CCN(CC)C(=O)C1CCCN(C(=O)c2csc(NC(=O)c3ccccc3C)n2)C1. The number of piperidine rings is 1. The second-order valence-corrected chi connectivity index (χ2v) is 8.27. The predicted molar refractivity (Wildman–Crippen MR) is 118 cm³/mol. The fraction of sp³-hybridized carbons (Fsp3) is 0.455. The van der Waals surface area contributed by atoms with Gasteiger partial charge in [-0.3, -0.25) is 19.7 Å². The number of carbonyl (C=O) groups excluding carboxylic acids is 3. The van der Waals surface area contributed by atoms with E-state index >= 15 is 0 Å². The minimum Gasteiger partial charge on any atom is -0.343 e. The molecular weight excluding hydrogens is 400 g/mol. The fourth-order valence-electron chi connectivity index (χ4n) is 3.74. The van der Waals surface area contributed by atoms with Gasteiger partial charge in [0.15, 0.2) is 5.13 Å². The first kappa shape index (κ1) is 22.0. The van der Waals surface area contributed by atoms with E-state index in [4.69, 9.17) is 0 Å². The summed E-state index contributed by atoms with van der Waals surface area (Å²) in [6, 6.07) is 7.32. The molecule has 3 rings (SSSR count). The van der Waals surface area contributed by atoms with Gasteiger partial charge in [-0.05, 0) is 45.2 Å². The summed E-state index contributed by atoms with van der Waals surface area (Å²) in [6.45, 7) is 8.19. The molecule has 1 atom stereocenters. The van der Waals surface area contributed by atoms with Crippen molar-refractivity contribution in [2.75, 3.05) is 31.5 Å². The molecule has 0 saturated carbocycles. The molecular formula is C22H28N4O3S. The van der Waals surface area contributed by atoms with Crippen LogP contribution in [-0.4, -0.2) is 58.7 Å². The monoisotopic (exact) mass is 428 g/mol. The van der Waals surface area contributed by atoms with E-state index in [1.807, 2.05) is 43.9 Å². The average molecular weight is 429 g/mol. The lowest BCUT2D eigenvalue weighted by molar-refractivity contribution is -0.136. The summed E-state index contributed by atoms with van der Waals surface area (Å²) in [7, 11) is 0. The summed E-state index contributed by atoms with van der Waals surface area (Å²) >= 11 is 1.22. The van der Waals surface area contributed by atoms with Crippen molar-refractivity contribution >= 4 is 34.2 Å². The van der Waals surface area contributed by atoms with Crippen LogP contribution in [0.25, 0.3) is 0 Å². The van der Waals surface area contributed by atoms with E-state index in [1.54, 1.807) is 16.3 Å². The molecule has 0 aliphatic carbocycles. The third-order valence-corrected chi connectivity index (χ3v) is 6.22. The molecule has 30 heavy (non-hydrogen) atoms. The highest BCUT2D eigenvalue weighted by Gasteiger charge is 2.31. The van der Waals surface area contributed by atoms with Crippen LogP contribution in [0.3, 0.4) is 0 Å².